The number of benzene rings is 1. The van der Waals surface area contributed by atoms with Gasteiger partial charge in [0.15, 0.2) is 0 Å². The largest absolute Gasteiger partial charge is 0.467 e. The van der Waals surface area contributed by atoms with E-state index < -0.39 is 21.9 Å². The van der Waals surface area contributed by atoms with Crippen LogP contribution in [0.15, 0.2) is 45.9 Å². The van der Waals surface area contributed by atoms with E-state index >= 15 is 0 Å². The fraction of sp³-hybridized carbons (Fsp3) is 0.286. The molecule has 0 saturated carbocycles. The summed E-state index contributed by atoms with van der Waals surface area (Å²) in [6, 6.07) is 6.73. The fourth-order valence-electron chi connectivity index (χ4n) is 1.95. The highest BCUT2D eigenvalue weighted by Gasteiger charge is 2.18. The van der Waals surface area contributed by atoms with Crippen molar-refractivity contribution >= 4 is 10.0 Å². The lowest BCUT2D eigenvalue weighted by Crippen LogP contribution is -2.26. The van der Waals surface area contributed by atoms with Crippen LogP contribution in [0, 0.1) is 12.7 Å². The summed E-state index contributed by atoms with van der Waals surface area (Å²) in [6.07, 6.45) is 0.731. The molecule has 0 fully saturated rings. The van der Waals surface area contributed by atoms with E-state index in [1.54, 1.807) is 12.1 Å². The summed E-state index contributed by atoms with van der Waals surface area (Å²) in [6.45, 7) is 1.57. The Hall–Kier alpha value is -1.70. The second kappa shape index (κ2) is 6.38. The number of aliphatic hydroxyl groups is 1. The van der Waals surface area contributed by atoms with Crippen molar-refractivity contribution in [3.63, 3.8) is 0 Å². The van der Waals surface area contributed by atoms with Gasteiger partial charge in [0.1, 0.15) is 17.7 Å². The number of hydrogen-bond donors (Lipinski definition) is 2. The van der Waals surface area contributed by atoms with Gasteiger partial charge in [-0.2, -0.15) is 0 Å². The molecule has 0 bridgehead atoms. The molecule has 2 rings (SSSR count). The van der Waals surface area contributed by atoms with Gasteiger partial charge in [-0.05, 0) is 49.2 Å². The van der Waals surface area contributed by atoms with Crippen molar-refractivity contribution in [1.29, 1.82) is 0 Å². The molecule has 0 radical (unpaired) electrons. The number of rotatable bonds is 6. The van der Waals surface area contributed by atoms with E-state index in [1.807, 2.05) is 0 Å². The van der Waals surface area contributed by atoms with Crippen molar-refractivity contribution in [2.24, 2.45) is 0 Å². The van der Waals surface area contributed by atoms with Gasteiger partial charge >= 0.3 is 0 Å². The van der Waals surface area contributed by atoms with Gasteiger partial charge in [0.2, 0.25) is 10.0 Å². The molecule has 1 aromatic carbocycles. The zero-order chi connectivity index (χ0) is 15.5. The van der Waals surface area contributed by atoms with Crippen LogP contribution in [0.3, 0.4) is 0 Å². The minimum atomic E-state index is -3.73. The van der Waals surface area contributed by atoms with Gasteiger partial charge in [-0.3, -0.25) is 0 Å². The average Bonchev–Trinajstić information content (AvgIpc) is 2.91. The van der Waals surface area contributed by atoms with E-state index in [1.165, 1.54) is 19.3 Å². The van der Waals surface area contributed by atoms with Crippen LogP contribution in [0.5, 0.6) is 0 Å². The molecule has 2 N–H and O–H groups in total. The summed E-state index contributed by atoms with van der Waals surface area (Å²) in [5, 5.41) is 9.79. The Balaban J connectivity index is 1.98. The summed E-state index contributed by atoms with van der Waals surface area (Å²) in [5.41, 5.74) is 0.328. The second-order valence-electron chi connectivity index (χ2n) is 4.63. The molecule has 21 heavy (non-hydrogen) atoms. The molecule has 0 saturated heterocycles. The molecule has 1 heterocycles. The summed E-state index contributed by atoms with van der Waals surface area (Å²) >= 11 is 0. The monoisotopic (exact) mass is 313 g/mol. The highest BCUT2D eigenvalue weighted by molar-refractivity contribution is 7.89. The molecule has 0 aliphatic carbocycles. The highest BCUT2D eigenvalue weighted by Crippen LogP contribution is 2.18. The molecule has 0 aliphatic heterocycles. The Morgan fingerprint density at radius 3 is 2.76 bits per heavy atom. The van der Waals surface area contributed by atoms with Crippen LogP contribution < -0.4 is 4.72 Å². The van der Waals surface area contributed by atoms with Crippen molar-refractivity contribution in [2.75, 3.05) is 6.54 Å². The molecule has 1 unspecified atom stereocenters. The quantitative estimate of drug-likeness (QED) is 0.856. The van der Waals surface area contributed by atoms with Crippen molar-refractivity contribution in [3.8, 4) is 0 Å². The second-order valence-corrected chi connectivity index (χ2v) is 6.36. The lowest BCUT2D eigenvalue weighted by molar-refractivity contribution is 0.142. The van der Waals surface area contributed by atoms with E-state index in [0.29, 0.717) is 11.3 Å². The first-order chi connectivity index (χ1) is 9.90. The van der Waals surface area contributed by atoms with Crippen LogP contribution in [0.2, 0.25) is 0 Å². The maximum absolute atomic E-state index is 13.0. The molecular weight excluding hydrogens is 297 g/mol. The third-order valence-corrected chi connectivity index (χ3v) is 4.63. The number of sulfonamides is 1. The summed E-state index contributed by atoms with van der Waals surface area (Å²) in [7, 11) is -3.73. The molecule has 114 valence electrons. The zero-order valence-corrected chi connectivity index (χ0v) is 12.2. The van der Waals surface area contributed by atoms with E-state index in [4.69, 9.17) is 4.42 Å². The summed E-state index contributed by atoms with van der Waals surface area (Å²) < 4.78 is 44.6. The Morgan fingerprint density at radius 2 is 2.14 bits per heavy atom. The number of aryl methyl sites for hydroxylation is 1. The molecule has 1 atom stereocenters. The van der Waals surface area contributed by atoms with E-state index in [9.17, 15) is 17.9 Å². The van der Waals surface area contributed by atoms with E-state index in [-0.39, 0.29) is 17.9 Å². The smallest absolute Gasteiger partial charge is 0.240 e. The van der Waals surface area contributed by atoms with Crippen molar-refractivity contribution in [2.45, 2.75) is 24.3 Å². The van der Waals surface area contributed by atoms with Crippen molar-refractivity contribution < 1.29 is 22.3 Å². The SMILES string of the molecule is Cc1cc(F)ccc1S(=O)(=O)NCCC(O)c1ccco1. The number of furan rings is 1. The molecule has 7 heteroatoms. The molecule has 0 spiro atoms. The highest BCUT2D eigenvalue weighted by atomic mass is 32.2. The third-order valence-electron chi connectivity index (χ3n) is 3.01. The maximum Gasteiger partial charge on any atom is 0.240 e. The molecule has 0 aliphatic rings. The topological polar surface area (TPSA) is 79.5 Å². The predicted molar refractivity (Wildman–Crippen MR) is 74.6 cm³/mol. The maximum atomic E-state index is 13.0. The van der Waals surface area contributed by atoms with E-state index in [0.717, 1.165) is 12.1 Å². The first kappa shape index (κ1) is 15.7. The van der Waals surface area contributed by atoms with Gasteiger partial charge in [0.25, 0.3) is 0 Å². The van der Waals surface area contributed by atoms with Crippen LogP contribution >= 0.6 is 0 Å². The Kier molecular flexibility index (Phi) is 4.76. The number of halogens is 1. The Morgan fingerprint density at radius 1 is 1.38 bits per heavy atom. The van der Waals surface area contributed by atoms with Crippen molar-refractivity contribution in [3.05, 3.63) is 53.7 Å². The fourth-order valence-corrected chi connectivity index (χ4v) is 3.22. The number of nitrogens with one attached hydrogen (secondary N) is 1. The van der Waals surface area contributed by atoms with Gasteiger partial charge in [-0.1, -0.05) is 0 Å². The van der Waals surface area contributed by atoms with Crippen molar-refractivity contribution in [1.82, 2.24) is 4.72 Å². The van der Waals surface area contributed by atoms with Crippen LogP contribution in [-0.4, -0.2) is 20.1 Å². The first-order valence-corrected chi connectivity index (χ1v) is 7.86. The summed E-state index contributed by atoms with van der Waals surface area (Å²) in [4.78, 5) is 0.0244. The van der Waals surface area contributed by atoms with Crippen LogP contribution in [0.1, 0.15) is 23.8 Å². The summed E-state index contributed by atoms with van der Waals surface area (Å²) in [5.74, 6) is -0.105. The molecule has 5 nitrogen and oxygen atoms in total. The van der Waals surface area contributed by atoms with Gasteiger partial charge in [0, 0.05) is 6.54 Å². The zero-order valence-electron chi connectivity index (χ0n) is 11.4. The number of hydrogen-bond acceptors (Lipinski definition) is 4. The lowest BCUT2D eigenvalue weighted by atomic mass is 10.2. The van der Waals surface area contributed by atoms with Gasteiger partial charge in [0.05, 0.1) is 11.2 Å². The van der Waals surface area contributed by atoms with Gasteiger partial charge in [-0.15, -0.1) is 0 Å². The van der Waals surface area contributed by atoms with Crippen LogP contribution in [0.25, 0.3) is 0 Å². The minimum Gasteiger partial charge on any atom is -0.467 e. The normalized spacial score (nSPS) is 13.3. The molecule has 1 aromatic heterocycles. The molecule has 2 aromatic rings. The number of aliphatic hydroxyl groups excluding tert-OH is 1. The van der Waals surface area contributed by atoms with Gasteiger partial charge in [-0.25, -0.2) is 17.5 Å². The Bertz CT molecular complexity index is 698. The molecular formula is C14H16FNO4S. The predicted octanol–water partition coefficient (Wildman–Crippen LogP) is 2.13. The van der Waals surface area contributed by atoms with Crippen LogP contribution in [0.4, 0.5) is 4.39 Å². The standard InChI is InChI=1S/C14H16FNO4S/c1-10-9-11(15)4-5-14(10)21(18,19)16-7-6-12(17)13-3-2-8-20-13/h2-5,8-9,12,16-17H,6-7H2,1H3. The van der Waals surface area contributed by atoms with Gasteiger partial charge < -0.3 is 9.52 Å². The average molecular weight is 313 g/mol. The third kappa shape index (κ3) is 3.90. The first-order valence-electron chi connectivity index (χ1n) is 6.37. The van der Waals surface area contributed by atoms with E-state index in [2.05, 4.69) is 4.72 Å². The Labute approximate surface area is 122 Å². The molecule has 0 amide bonds. The van der Waals surface area contributed by atoms with Crippen LogP contribution in [-0.2, 0) is 10.0 Å². The lowest BCUT2D eigenvalue weighted by Gasteiger charge is -2.11. The minimum absolute atomic E-state index is 0.0244.